The molecule has 0 aliphatic rings. The van der Waals surface area contributed by atoms with Crippen LogP contribution in [0.2, 0.25) is 0 Å². The number of hydrogen-bond acceptors (Lipinski definition) is 7. The molecule has 0 aliphatic heterocycles. The first-order valence-electron chi connectivity index (χ1n) is 5.72. The minimum Gasteiger partial charge on any atom is -0.493 e. The molecule has 0 saturated carbocycles. The van der Waals surface area contributed by atoms with Crippen LogP contribution < -0.4 is 14.8 Å². The van der Waals surface area contributed by atoms with E-state index in [1.165, 1.54) is 39.7 Å². The Morgan fingerprint density at radius 1 is 1.19 bits per heavy atom. The molecule has 7 nitrogen and oxygen atoms in total. The molecule has 0 fully saturated rings. The predicted molar refractivity (Wildman–Crippen MR) is 73.8 cm³/mol. The van der Waals surface area contributed by atoms with Crippen molar-refractivity contribution >= 4 is 11.7 Å². The van der Waals surface area contributed by atoms with Crippen molar-refractivity contribution in [2.24, 2.45) is 0 Å². The Bertz CT molecular complexity index is 637. The topological polar surface area (TPSA) is 104 Å². The number of nitrogens with one attached hydrogen (secondary N) is 1. The van der Waals surface area contributed by atoms with E-state index >= 15 is 0 Å². The highest BCUT2D eigenvalue weighted by molar-refractivity contribution is 5.92. The molecule has 1 N–H and O–H groups in total. The lowest BCUT2D eigenvalue weighted by molar-refractivity contribution is 0.0600. The third kappa shape index (κ3) is 3.64. The van der Waals surface area contributed by atoms with Crippen LogP contribution in [0.5, 0.6) is 11.5 Å². The van der Waals surface area contributed by atoms with E-state index in [2.05, 4.69) is 10.1 Å². The maximum Gasteiger partial charge on any atom is 0.338 e. The van der Waals surface area contributed by atoms with Gasteiger partial charge in [-0.25, -0.2) is 4.79 Å². The van der Waals surface area contributed by atoms with Crippen LogP contribution in [0.15, 0.2) is 23.9 Å². The fraction of sp³-hybridized carbons (Fsp3) is 0.214. The van der Waals surface area contributed by atoms with Crippen LogP contribution in [0.25, 0.3) is 0 Å². The summed E-state index contributed by atoms with van der Waals surface area (Å²) in [5.41, 5.74) is 0.473. The number of hydrogen-bond donors (Lipinski definition) is 1. The molecule has 0 bridgehead atoms. The molecular weight excluding hydrogens is 274 g/mol. The lowest BCUT2D eigenvalue weighted by Crippen LogP contribution is -2.05. The number of esters is 1. The van der Waals surface area contributed by atoms with Gasteiger partial charge >= 0.3 is 5.97 Å². The third-order valence-electron chi connectivity index (χ3n) is 2.51. The maximum absolute atomic E-state index is 11.6. The Morgan fingerprint density at radius 2 is 1.86 bits per heavy atom. The van der Waals surface area contributed by atoms with Gasteiger partial charge in [0.15, 0.2) is 11.5 Å². The van der Waals surface area contributed by atoms with Gasteiger partial charge in [-0.2, -0.15) is 10.5 Å². The van der Waals surface area contributed by atoms with Crippen LogP contribution in [0.3, 0.4) is 0 Å². The summed E-state index contributed by atoms with van der Waals surface area (Å²) in [5, 5.41) is 20.1. The number of benzene rings is 1. The second-order valence-corrected chi connectivity index (χ2v) is 3.68. The van der Waals surface area contributed by atoms with Gasteiger partial charge in [0.25, 0.3) is 0 Å². The largest absolute Gasteiger partial charge is 0.493 e. The zero-order chi connectivity index (χ0) is 15.8. The van der Waals surface area contributed by atoms with E-state index in [1.54, 1.807) is 12.1 Å². The number of carbonyl (C=O) groups excluding carboxylic acids is 1. The molecule has 108 valence electrons. The number of rotatable bonds is 5. The van der Waals surface area contributed by atoms with Gasteiger partial charge in [0.05, 0.1) is 32.6 Å². The molecule has 0 aromatic heterocycles. The minimum absolute atomic E-state index is 0.125. The monoisotopic (exact) mass is 287 g/mol. The van der Waals surface area contributed by atoms with Gasteiger partial charge in [0.1, 0.15) is 17.7 Å². The van der Waals surface area contributed by atoms with Crippen molar-refractivity contribution in [2.75, 3.05) is 26.6 Å². The van der Waals surface area contributed by atoms with Crippen LogP contribution in [-0.4, -0.2) is 27.3 Å². The van der Waals surface area contributed by atoms with Gasteiger partial charge in [-0.15, -0.1) is 0 Å². The molecule has 0 unspecified atom stereocenters. The first-order valence-corrected chi connectivity index (χ1v) is 5.72. The average molecular weight is 287 g/mol. The molecule has 0 saturated heterocycles. The van der Waals surface area contributed by atoms with Crippen LogP contribution >= 0.6 is 0 Å². The fourth-order valence-electron chi connectivity index (χ4n) is 1.55. The first kappa shape index (κ1) is 15.9. The van der Waals surface area contributed by atoms with Crippen molar-refractivity contribution < 1.29 is 19.0 Å². The van der Waals surface area contributed by atoms with E-state index < -0.39 is 5.97 Å². The van der Waals surface area contributed by atoms with E-state index in [-0.39, 0.29) is 11.1 Å². The molecule has 21 heavy (non-hydrogen) atoms. The molecule has 7 heteroatoms. The molecule has 1 aromatic carbocycles. The molecule has 0 heterocycles. The molecule has 0 aliphatic carbocycles. The van der Waals surface area contributed by atoms with Gasteiger partial charge in [-0.05, 0) is 12.1 Å². The summed E-state index contributed by atoms with van der Waals surface area (Å²) in [6.07, 6.45) is 1.21. The number of nitrogens with zero attached hydrogens (tertiary/aromatic N) is 2. The molecule has 0 spiro atoms. The van der Waals surface area contributed by atoms with Crippen LogP contribution in [-0.2, 0) is 4.74 Å². The lowest BCUT2D eigenvalue weighted by Gasteiger charge is -2.14. The smallest absolute Gasteiger partial charge is 0.338 e. The molecule has 0 amide bonds. The Hall–Kier alpha value is -3.19. The quantitative estimate of drug-likeness (QED) is 0.650. The standard InChI is InChI=1S/C14H13N3O4/c1-19-12-5-10(14(18)21-3)4-11(13(12)20-2)17-8-9(6-15)7-16/h4-5,8,17H,1-3H3. The highest BCUT2D eigenvalue weighted by Gasteiger charge is 2.16. The summed E-state index contributed by atoms with van der Waals surface area (Å²) in [6, 6.07) is 6.36. The van der Waals surface area contributed by atoms with E-state index in [0.717, 1.165) is 0 Å². The SMILES string of the molecule is COC(=O)c1cc(NC=C(C#N)C#N)c(OC)c(OC)c1. The number of anilines is 1. The van der Waals surface area contributed by atoms with E-state index in [0.29, 0.717) is 17.2 Å². The summed E-state index contributed by atoms with van der Waals surface area (Å²) in [4.78, 5) is 11.6. The van der Waals surface area contributed by atoms with Gasteiger partial charge in [-0.1, -0.05) is 0 Å². The van der Waals surface area contributed by atoms with Crippen molar-refractivity contribution in [3.63, 3.8) is 0 Å². The fourth-order valence-corrected chi connectivity index (χ4v) is 1.55. The van der Waals surface area contributed by atoms with Gasteiger partial charge in [0.2, 0.25) is 0 Å². The van der Waals surface area contributed by atoms with Crippen molar-refractivity contribution in [3.8, 4) is 23.6 Å². The summed E-state index contributed by atoms with van der Waals surface area (Å²) >= 11 is 0. The van der Waals surface area contributed by atoms with Crippen LogP contribution in [0.4, 0.5) is 5.69 Å². The molecular formula is C14H13N3O4. The average Bonchev–Trinajstić information content (AvgIpc) is 2.53. The normalized spacial score (nSPS) is 8.81. The molecule has 1 aromatic rings. The van der Waals surface area contributed by atoms with Crippen molar-refractivity contribution in [2.45, 2.75) is 0 Å². The Balaban J connectivity index is 3.34. The second kappa shape index (κ2) is 7.41. The first-order chi connectivity index (χ1) is 10.1. The minimum atomic E-state index is -0.552. The predicted octanol–water partition coefficient (Wildman–Crippen LogP) is 1.83. The Labute approximate surface area is 121 Å². The summed E-state index contributed by atoms with van der Waals surface area (Å²) < 4.78 is 15.0. The number of nitriles is 2. The van der Waals surface area contributed by atoms with E-state index in [4.69, 9.17) is 20.0 Å². The zero-order valence-corrected chi connectivity index (χ0v) is 11.8. The van der Waals surface area contributed by atoms with Gasteiger partial charge in [0, 0.05) is 6.20 Å². The maximum atomic E-state index is 11.6. The van der Waals surface area contributed by atoms with E-state index in [9.17, 15) is 4.79 Å². The number of carbonyl (C=O) groups is 1. The highest BCUT2D eigenvalue weighted by atomic mass is 16.5. The number of allylic oxidation sites excluding steroid dienone is 1. The van der Waals surface area contributed by atoms with Crippen molar-refractivity contribution in [3.05, 3.63) is 29.5 Å². The molecule has 0 radical (unpaired) electrons. The zero-order valence-electron chi connectivity index (χ0n) is 11.8. The lowest BCUT2D eigenvalue weighted by atomic mass is 10.1. The molecule has 1 rings (SSSR count). The van der Waals surface area contributed by atoms with Gasteiger partial charge < -0.3 is 19.5 Å². The molecule has 0 atom stereocenters. The van der Waals surface area contributed by atoms with Crippen LogP contribution in [0, 0.1) is 22.7 Å². The Morgan fingerprint density at radius 3 is 2.33 bits per heavy atom. The van der Waals surface area contributed by atoms with E-state index in [1.807, 2.05) is 0 Å². The summed E-state index contributed by atoms with van der Waals surface area (Å²) in [7, 11) is 4.12. The third-order valence-corrected chi connectivity index (χ3v) is 2.51. The van der Waals surface area contributed by atoms with Crippen molar-refractivity contribution in [1.29, 1.82) is 10.5 Å². The second-order valence-electron chi connectivity index (χ2n) is 3.68. The number of methoxy groups -OCH3 is 3. The summed E-state index contributed by atoms with van der Waals surface area (Å²) in [6.45, 7) is 0. The number of ether oxygens (including phenoxy) is 3. The van der Waals surface area contributed by atoms with Crippen LogP contribution in [0.1, 0.15) is 10.4 Å². The summed E-state index contributed by atoms with van der Waals surface area (Å²) in [5.74, 6) is 0.0900. The van der Waals surface area contributed by atoms with Gasteiger partial charge in [-0.3, -0.25) is 0 Å². The Kier molecular flexibility index (Phi) is 5.60. The van der Waals surface area contributed by atoms with Crippen molar-refractivity contribution in [1.82, 2.24) is 0 Å². The highest BCUT2D eigenvalue weighted by Crippen LogP contribution is 2.36.